The van der Waals surface area contributed by atoms with Crippen LogP contribution in [0.3, 0.4) is 0 Å². The molecule has 112 valence electrons. The van der Waals surface area contributed by atoms with Gasteiger partial charge in [0.2, 0.25) is 5.91 Å². The van der Waals surface area contributed by atoms with E-state index in [4.69, 9.17) is 10.2 Å². The molecule has 5 heteroatoms. The van der Waals surface area contributed by atoms with E-state index in [1.807, 2.05) is 37.8 Å². The van der Waals surface area contributed by atoms with Crippen molar-refractivity contribution in [2.75, 3.05) is 26.2 Å². The number of hydrogen-bond acceptors (Lipinski definition) is 4. The molecule has 1 aromatic rings. The van der Waals surface area contributed by atoms with E-state index < -0.39 is 6.04 Å². The van der Waals surface area contributed by atoms with Crippen molar-refractivity contribution >= 4 is 5.91 Å². The van der Waals surface area contributed by atoms with Crippen molar-refractivity contribution in [3.63, 3.8) is 0 Å². The highest BCUT2D eigenvalue weighted by molar-refractivity contribution is 5.82. The molecule has 2 N–H and O–H groups in total. The number of nitrogens with zero attached hydrogens (tertiary/aromatic N) is 2. The van der Waals surface area contributed by atoms with Gasteiger partial charge in [0.25, 0.3) is 0 Å². The summed E-state index contributed by atoms with van der Waals surface area (Å²) in [6.07, 6.45) is 1.69. The van der Waals surface area contributed by atoms with Gasteiger partial charge in [0.05, 0.1) is 18.8 Å². The summed E-state index contributed by atoms with van der Waals surface area (Å²) in [4.78, 5) is 16.5. The maximum absolute atomic E-state index is 12.3. The first-order chi connectivity index (χ1) is 9.38. The van der Waals surface area contributed by atoms with Gasteiger partial charge in [-0.05, 0) is 17.5 Å². The minimum absolute atomic E-state index is 0.0650. The lowest BCUT2D eigenvalue weighted by molar-refractivity contribution is -0.136. The molecule has 0 unspecified atom stereocenters. The SMILES string of the molecule is CC(C)(C)[C@@H](N)C(=O)N1CCN(Cc2ccco2)CC1. The first kappa shape index (κ1) is 15.1. The molecule has 0 spiro atoms. The zero-order valence-corrected chi connectivity index (χ0v) is 12.6. The Morgan fingerprint density at radius 3 is 2.50 bits per heavy atom. The normalized spacial score (nSPS) is 19.1. The van der Waals surface area contributed by atoms with Gasteiger partial charge in [-0.1, -0.05) is 20.8 Å². The largest absolute Gasteiger partial charge is 0.468 e. The van der Waals surface area contributed by atoms with Gasteiger partial charge in [-0.2, -0.15) is 0 Å². The van der Waals surface area contributed by atoms with E-state index in [0.29, 0.717) is 0 Å². The summed E-state index contributed by atoms with van der Waals surface area (Å²) in [7, 11) is 0. The smallest absolute Gasteiger partial charge is 0.240 e. The maximum Gasteiger partial charge on any atom is 0.240 e. The summed E-state index contributed by atoms with van der Waals surface area (Å²) in [5.41, 5.74) is 5.86. The van der Waals surface area contributed by atoms with Crippen LogP contribution in [0.25, 0.3) is 0 Å². The predicted molar refractivity (Wildman–Crippen MR) is 78.0 cm³/mol. The molecule has 1 atom stereocenters. The molecule has 1 aliphatic rings. The summed E-state index contributed by atoms with van der Waals surface area (Å²) in [6, 6.07) is 3.45. The molecule has 0 bridgehead atoms. The topological polar surface area (TPSA) is 62.7 Å². The minimum atomic E-state index is -0.431. The van der Waals surface area contributed by atoms with Gasteiger partial charge in [0, 0.05) is 26.2 Å². The third-order valence-electron chi connectivity index (χ3n) is 3.84. The van der Waals surface area contributed by atoms with Crippen molar-refractivity contribution in [3.05, 3.63) is 24.2 Å². The third kappa shape index (κ3) is 3.61. The van der Waals surface area contributed by atoms with Gasteiger partial charge in [0.15, 0.2) is 0 Å². The summed E-state index contributed by atoms with van der Waals surface area (Å²) in [5, 5.41) is 0. The van der Waals surface area contributed by atoms with Crippen LogP contribution in [0.1, 0.15) is 26.5 Å². The second-order valence-electron chi connectivity index (χ2n) is 6.52. The van der Waals surface area contributed by atoms with Gasteiger partial charge in [0.1, 0.15) is 5.76 Å². The van der Waals surface area contributed by atoms with Crippen LogP contribution in [-0.2, 0) is 11.3 Å². The molecular weight excluding hydrogens is 254 g/mol. The lowest BCUT2D eigenvalue weighted by atomic mass is 9.86. The fourth-order valence-corrected chi connectivity index (χ4v) is 2.32. The standard InChI is InChI=1S/C15H25N3O2/c1-15(2,3)13(16)14(19)18-8-6-17(7-9-18)11-12-5-4-10-20-12/h4-5,10,13H,6-9,11,16H2,1-3H3/t13-/m0/s1. The second kappa shape index (κ2) is 5.97. The third-order valence-corrected chi connectivity index (χ3v) is 3.84. The number of carbonyl (C=O) groups is 1. The molecule has 1 aliphatic heterocycles. The van der Waals surface area contributed by atoms with Crippen LogP contribution < -0.4 is 5.73 Å². The van der Waals surface area contributed by atoms with Crippen LogP contribution in [0.2, 0.25) is 0 Å². The van der Waals surface area contributed by atoms with E-state index in [9.17, 15) is 4.79 Å². The van der Waals surface area contributed by atoms with Gasteiger partial charge in [-0.25, -0.2) is 0 Å². The first-order valence-electron chi connectivity index (χ1n) is 7.17. The van der Waals surface area contributed by atoms with Crippen LogP contribution in [0.5, 0.6) is 0 Å². The molecule has 1 saturated heterocycles. The fraction of sp³-hybridized carbons (Fsp3) is 0.667. The Morgan fingerprint density at radius 2 is 2.00 bits per heavy atom. The average Bonchev–Trinajstić information content (AvgIpc) is 2.90. The lowest BCUT2D eigenvalue weighted by Crippen LogP contribution is -2.56. The molecule has 2 heterocycles. The second-order valence-corrected chi connectivity index (χ2v) is 6.52. The number of hydrogen-bond donors (Lipinski definition) is 1. The summed E-state index contributed by atoms with van der Waals surface area (Å²) >= 11 is 0. The van der Waals surface area contributed by atoms with Crippen LogP contribution in [0.4, 0.5) is 0 Å². The average molecular weight is 279 g/mol. The van der Waals surface area contributed by atoms with Crippen LogP contribution in [-0.4, -0.2) is 47.9 Å². The van der Waals surface area contributed by atoms with Gasteiger partial charge >= 0.3 is 0 Å². The Kier molecular flexibility index (Phi) is 4.50. The van der Waals surface area contributed by atoms with Crippen LogP contribution >= 0.6 is 0 Å². The van der Waals surface area contributed by atoms with E-state index in [0.717, 1.165) is 38.5 Å². The predicted octanol–water partition coefficient (Wildman–Crippen LogP) is 1.30. The molecule has 5 nitrogen and oxygen atoms in total. The Balaban J connectivity index is 1.83. The van der Waals surface area contributed by atoms with Gasteiger partial charge in [-0.15, -0.1) is 0 Å². The molecule has 1 amide bonds. The molecule has 20 heavy (non-hydrogen) atoms. The quantitative estimate of drug-likeness (QED) is 0.906. The van der Waals surface area contributed by atoms with E-state index in [2.05, 4.69) is 4.90 Å². The van der Waals surface area contributed by atoms with E-state index >= 15 is 0 Å². The van der Waals surface area contributed by atoms with Crippen molar-refractivity contribution in [3.8, 4) is 0 Å². The van der Waals surface area contributed by atoms with Crippen molar-refractivity contribution < 1.29 is 9.21 Å². The molecule has 0 aliphatic carbocycles. The minimum Gasteiger partial charge on any atom is -0.468 e. The Morgan fingerprint density at radius 1 is 1.35 bits per heavy atom. The van der Waals surface area contributed by atoms with Crippen molar-refractivity contribution in [1.29, 1.82) is 0 Å². The van der Waals surface area contributed by atoms with Crippen LogP contribution in [0, 0.1) is 5.41 Å². The number of piperazine rings is 1. The molecule has 0 radical (unpaired) electrons. The summed E-state index contributed by atoms with van der Waals surface area (Å²) < 4.78 is 5.35. The van der Waals surface area contributed by atoms with Crippen molar-refractivity contribution in [1.82, 2.24) is 9.80 Å². The van der Waals surface area contributed by atoms with Gasteiger partial charge < -0.3 is 15.1 Å². The Hall–Kier alpha value is -1.33. The fourth-order valence-electron chi connectivity index (χ4n) is 2.32. The number of amides is 1. The Bertz CT molecular complexity index is 428. The lowest BCUT2D eigenvalue weighted by Gasteiger charge is -2.37. The zero-order valence-electron chi connectivity index (χ0n) is 12.6. The van der Waals surface area contributed by atoms with E-state index in [1.54, 1.807) is 6.26 Å². The number of rotatable bonds is 3. The monoisotopic (exact) mass is 279 g/mol. The molecular formula is C15H25N3O2. The molecule has 0 aromatic carbocycles. The first-order valence-corrected chi connectivity index (χ1v) is 7.17. The molecule has 2 rings (SSSR count). The van der Waals surface area contributed by atoms with E-state index in [1.165, 1.54) is 0 Å². The number of furan rings is 1. The highest BCUT2D eigenvalue weighted by atomic mass is 16.3. The van der Waals surface area contributed by atoms with Crippen molar-refractivity contribution in [2.45, 2.75) is 33.4 Å². The highest BCUT2D eigenvalue weighted by Gasteiger charge is 2.32. The van der Waals surface area contributed by atoms with Gasteiger partial charge in [-0.3, -0.25) is 9.69 Å². The Labute approximate surface area is 120 Å². The maximum atomic E-state index is 12.3. The zero-order chi connectivity index (χ0) is 14.8. The summed E-state index contributed by atoms with van der Waals surface area (Å²) in [6.45, 7) is 10.0. The van der Waals surface area contributed by atoms with Crippen molar-refractivity contribution in [2.24, 2.45) is 11.1 Å². The summed E-state index contributed by atoms with van der Waals surface area (Å²) in [5.74, 6) is 1.03. The molecule has 0 saturated carbocycles. The number of carbonyl (C=O) groups excluding carboxylic acids is 1. The number of nitrogens with two attached hydrogens (primary N) is 1. The molecule has 1 aromatic heterocycles. The van der Waals surface area contributed by atoms with Crippen LogP contribution in [0.15, 0.2) is 22.8 Å². The van der Waals surface area contributed by atoms with E-state index in [-0.39, 0.29) is 11.3 Å². The molecule has 1 fully saturated rings. The highest BCUT2D eigenvalue weighted by Crippen LogP contribution is 2.20.